The number of aromatic nitrogens is 2. The van der Waals surface area contributed by atoms with Crippen molar-refractivity contribution >= 4 is 5.82 Å². The summed E-state index contributed by atoms with van der Waals surface area (Å²) in [6.45, 7) is 3.59. The van der Waals surface area contributed by atoms with Gasteiger partial charge in [-0.25, -0.2) is 14.4 Å². The summed E-state index contributed by atoms with van der Waals surface area (Å²) in [4.78, 5) is 7.98. The summed E-state index contributed by atoms with van der Waals surface area (Å²) in [5.41, 5.74) is 1.62. The monoisotopic (exact) mass is 256 g/mol. The minimum atomic E-state index is -0.245. The summed E-state index contributed by atoms with van der Waals surface area (Å²) >= 11 is 0. The number of hydrogen-bond donors (Lipinski definition) is 1. The van der Waals surface area contributed by atoms with Gasteiger partial charge in [0.15, 0.2) is 11.5 Å². The molecule has 96 valence electrons. The smallest absolute Gasteiger partial charge is 0.182 e. The molecule has 0 aliphatic rings. The van der Waals surface area contributed by atoms with Gasteiger partial charge in [0.05, 0.1) is 6.04 Å². The van der Waals surface area contributed by atoms with Crippen LogP contribution in [0.2, 0.25) is 0 Å². The average molecular weight is 256 g/mol. The number of rotatable bonds is 3. The topological polar surface area (TPSA) is 61.6 Å². The van der Waals surface area contributed by atoms with Gasteiger partial charge in [0.2, 0.25) is 0 Å². The molecule has 1 N–H and O–H groups in total. The lowest BCUT2D eigenvalue weighted by molar-refractivity contribution is 0.614. The van der Waals surface area contributed by atoms with Crippen molar-refractivity contribution in [3.8, 4) is 6.07 Å². The number of nitrogens with zero attached hydrogens (tertiary/aromatic N) is 3. The molecule has 0 aliphatic carbocycles. The predicted octanol–water partition coefficient (Wildman–Crippen LogP) is 2.97. The minimum absolute atomic E-state index is 0.168. The Bertz CT molecular complexity index is 634. The number of benzene rings is 1. The van der Waals surface area contributed by atoms with Gasteiger partial charge in [0, 0.05) is 12.4 Å². The normalized spacial score (nSPS) is 11.7. The van der Waals surface area contributed by atoms with Crippen LogP contribution in [0.3, 0.4) is 0 Å². The van der Waals surface area contributed by atoms with Crippen molar-refractivity contribution in [1.29, 1.82) is 5.26 Å². The maximum atomic E-state index is 13.5. The highest BCUT2D eigenvalue weighted by Crippen LogP contribution is 2.21. The highest BCUT2D eigenvalue weighted by molar-refractivity contribution is 5.48. The molecule has 2 aromatic rings. The molecule has 0 spiro atoms. The highest BCUT2D eigenvalue weighted by Gasteiger charge is 2.11. The third kappa shape index (κ3) is 2.86. The van der Waals surface area contributed by atoms with E-state index in [0.717, 1.165) is 5.56 Å². The summed E-state index contributed by atoms with van der Waals surface area (Å²) in [6.07, 6.45) is 2.96. The average Bonchev–Trinajstić information content (AvgIpc) is 2.42. The molecular formula is C14H13FN4. The standard InChI is InChI=1S/C14H13FN4/c1-9-3-4-11(7-12(9)15)10(2)19-14-13(8-16)17-5-6-18-14/h3-7,10H,1-2H3,(H,18,19). The molecular weight excluding hydrogens is 243 g/mol. The first-order valence-electron chi connectivity index (χ1n) is 5.85. The molecule has 0 radical (unpaired) electrons. The van der Waals surface area contributed by atoms with Gasteiger partial charge < -0.3 is 5.32 Å². The van der Waals surface area contributed by atoms with Gasteiger partial charge in [-0.1, -0.05) is 12.1 Å². The van der Waals surface area contributed by atoms with Crippen LogP contribution < -0.4 is 5.32 Å². The lowest BCUT2D eigenvalue weighted by Gasteiger charge is -2.15. The van der Waals surface area contributed by atoms with Gasteiger partial charge in [0.25, 0.3) is 0 Å². The van der Waals surface area contributed by atoms with Gasteiger partial charge >= 0.3 is 0 Å². The Hall–Kier alpha value is -2.48. The number of nitrogens with one attached hydrogen (secondary N) is 1. The van der Waals surface area contributed by atoms with Crippen LogP contribution in [0.25, 0.3) is 0 Å². The molecule has 1 unspecified atom stereocenters. The fourth-order valence-corrected chi connectivity index (χ4v) is 1.69. The molecule has 1 aromatic heterocycles. The van der Waals surface area contributed by atoms with Crippen LogP contribution in [0, 0.1) is 24.1 Å². The van der Waals surface area contributed by atoms with Crippen molar-refractivity contribution in [2.24, 2.45) is 0 Å². The molecule has 1 heterocycles. The van der Waals surface area contributed by atoms with E-state index >= 15 is 0 Å². The molecule has 0 saturated carbocycles. The highest BCUT2D eigenvalue weighted by atomic mass is 19.1. The van der Waals surface area contributed by atoms with Crippen LogP contribution in [-0.4, -0.2) is 9.97 Å². The van der Waals surface area contributed by atoms with E-state index in [1.165, 1.54) is 18.5 Å². The number of nitriles is 1. The molecule has 1 atom stereocenters. The minimum Gasteiger partial charge on any atom is -0.361 e. The zero-order valence-corrected chi connectivity index (χ0v) is 10.7. The number of halogens is 1. The molecule has 1 aromatic carbocycles. The molecule has 0 bridgehead atoms. The zero-order valence-electron chi connectivity index (χ0n) is 10.7. The number of anilines is 1. The van der Waals surface area contributed by atoms with Gasteiger partial charge in [-0.15, -0.1) is 0 Å². The van der Waals surface area contributed by atoms with Crippen molar-refractivity contribution in [2.45, 2.75) is 19.9 Å². The Balaban J connectivity index is 2.23. The Labute approximate surface area is 110 Å². The number of hydrogen-bond acceptors (Lipinski definition) is 4. The van der Waals surface area contributed by atoms with E-state index in [2.05, 4.69) is 15.3 Å². The fourth-order valence-electron chi connectivity index (χ4n) is 1.69. The molecule has 0 aliphatic heterocycles. The summed E-state index contributed by atoms with van der Waals surface area (Å²) in [5.74, 6) is 0.157. The first-order chi connectivity index (χ1) is 9.11. The van der Waals surface area contributed by atoms with Crippen molar-refractivity contribution in [3.63, 3.8) is 0 Å². The van der Waals surface area contributed by atoms with Crippen molar-refractivity contribution < 1.29 is 4.39 Å². The van der Waals surface area contributed by atoms with E-state index in [1.807, 2.05) is 19.1 Å². The SMILES string of the molecule is Cc1ccc(C(C)Nc2nccnc2C#N)cc1F. The largest absolute Gasteiger partial charge is 0.361 e. The fraction of sp³-hybridized carbons (Fsp3) is 0.214. The Kier molecular flexibility index (Phi) is 3.71. The summed E-state index contributed by atoms with van der Waals surface area (Å²) in [7, 11) is 0. The Morgan fingerprint density at radius 1 is 1.32 bits per heavy atom. The van der Waals surface area contributed by atoms with Gasteiger partial charge in [0.1, 0.15) is 11.9 Å². The molecule has 0 fully saturated rings. The van der Waals surface area contributed by atoms with Crippen LogP contribution in [0.1, 0.15) is 29.8 Å². The van der Waals surface area contributed by atoms with Crippen LogP contribution >= 0.6 is 0 Å². The zero-order chi connectivity index (χ0) is 13.8. The lowest BCUT2D eigenvalue weighted by atomic mass is 10.1. The predicted molar refractivity (Wildman–Crippen MR) is 69.9 cm³/mol. The van der Waals surface area contributed by atoms with Gasteiger partial charge in [-0.2, -0.15) is 5.26 Å². The number of aryl methyl sites for hydroxylation is 1. The van der Waals surface area contributed by atoms with E-state index in [4.69, 9.17) is 5.26 Å². The summed E-state index contributed by atoms with van der Waals surface area (Å²) in [6, 6.07) is 6.85. The third-order valence-corrected chi connectivity index (χ3v) is 2.85. The van der Waals surface area contributed by atoms with E-state index < -0.39 is 0 Å². The lowest BCUT2D eigenvalue weighted by Crippen LogP contribution is -2.10. The van der Waals surface area contributed by atoms with Crippen LogP contribution in [0.15, 0.2) is 30.6 Å². The first-order valence-corrected chi connectivity index (χ1v) is 5.85. The maximum Gasteiger partial charge on any atom is 0.182 e. The van der Waals surface area contributed by atoms with E-state index in [-0.39, 0.29) is 17.6 Å². The van der Waals surface area contributed by atoms with E-state index in [0.29, 0.717) is 11.4 Å². The van der Waals surface area contributed by atoms with E-state index in [9.17, 15) is 4.39 Å². The Morgan fingerprint density at radius 2 is 2.05 bits per heavy atom. The second-order valence-corrected chi connectivity index (χ2v) is 4.24. The van der Waals surface area contributed by atoms with Gasteiger partial charge in [-0.3, -0.25) is 0 Å². The maximum absolute atomic E-state index is 13.5. The van der Waals surface area contributed by atoms with Crippen molar-refractivity contribution in [1.82, 2.24) is 9.97 Å². The van der Waals surface area contributed by atoms with Crippen molar-refractivity contribution in [3.05, 3.63) is 53.2 Å². The summed E-state index contributed by atoms with van der Waals surface area (Å²) < 4.78 is 13.5. The van der Waals surface area contributed by atoms with E-state index in [1.54, 1.807) is 13.0 Å². The molecule has 0 saturated heterocycles. The summed E-state index contributed by atoms with van der Waals surface area (Å²) in [5, 5.41) is 12.0. The van der Waals surface area contributed by atoms with Crippen LogP contribution in [0.5, 0.6) is 0 Å². The molecule has 4 nitrogen and oxygen atoms in total. The quantitative estimate of drug-likeness (QED) is 0.917. The molecule has 19 heavy (non-hydrogen) atoms. The molecule has 2 rings (SSSR count). The third-order valence-electron chi connectivity index (χ3n) is 2.85. The van der Waals surface area contributed by atoms with Crippen LogP contribution in [0.4, 0.5) is 10.2 Å². The second-order valence-electron chi connectivity index (χ2n) is 4.24. The molecule has 5 heteroatoms. The molecule has 0 amide bonds. The van der Waals surface area contributed by atoms with Crippen LogP contribution in [-0.2, 0) is 0 Å². The van der Waals surface area contributed by atoms with Gasteiger partial charge in [-0.05, 0) is 31.0 Å². The first kappa shape index (κ1) is 13.0. The Morgan fingerprint density at radius 3 is 2.74 bits per heavy atom. The van der Waals surface area contributed by atoms with Crippen molar-refractivity contribution in [2.75, 3.05) is 5.32 Å². The second kappa shape index (κ2) is 5.44.